The molecule has 0 saturated heterocycles. The van der Waals surface area contributed by atoms with Crippen molar-refractivity contribution in [3.8, 4) is 11.5 Å². The van der Waals surface area contributed by atoms with Crippen LogP contribution in [0.25, 0.3) is 0 Å². The molecule has 0 radical (unpaired) electrons. The topological polar surface area (TPSA) is 94.4 Å². The zero-order chi connectivity index (χ0) is 15.5. The Morgan fingerprint density at radius 2 is 2.09 bits per heavy atom. The minimum absolute atomic E-state index is 0.272. The van der Waals surface area contributed by atoms with Crippen molar-refractivity contribution in [1.82, 2.24) is 4.98 Å². The minimum Gasteiger partial charge on any atom is -0.455 e. The second kappa shape index (κ2) is 5.80. The number of anilines is 1. The SMILES string of the molecule is O=C(Nc1cnccc1Oc1ccccc1)[C@@H]1C[C@H]1[N+](=O)[O-]. The maximum atomic E-state index is 12.0. The van der Waals surface area contributed by atoms with Crippen LogP contribution in [0.15, 0.2) is 48.8 Å². The van der Waals surface area contributed by atoms with Crippen LogP contribution in [-0.4, -0.2) is 21.9 Å². The van der Waals surface area contributed by atoms with Crippen LogP contribution in [0.2, 0.25) is 0 Å². The fraction of sp³-hybridized carbons (Fsp3) is 0.200. The molecule has 0 unspecified atom stereocenters. The van der Waals surface area contributed by atoms with Crippen molar-refractivity contribution in [2.75, 3.05) is 5.32 Å². The zero-order valence-electron chi connectivity index (χ0n) is 11.5. The summed E-state index contributed by atoms with van der Waals surface area (Å²) in [6.45, 7) is 0. The minimum atomic E-state index is -0.782. The second-order valence-corrected chi connectivity index (χ2v) is 4.97. The highest BCUT2D eigenvalue weighted by atomic mass is 16.6. The van der Waals surface area contributed by atoms with E-state index in [1.807, 2.05) is 18.2 Å². The van der Waals surface area contributed by atoms with Crippen molar-refractivity contribution >= 4 is 11.6 Å². The van der Waals surface area contributed by atoms with Gasteiger partial charge in [-0.25, -0.2) is 0 Å². The van der Waals surface area contributed by atoms with Gasteiger partial charge in [-0.2, -0.15) is 0 Å². The molecule has 1 amide bonds. The smallest absolute Gasteiger partial charge is 0.234 e. The van der Waals surface area contributed by atoms with Crippen LogP contribution in [0.1, 0.15) is 6.42 Å². The molecule has 1 saturated carbocycles. The molecule has 22 heavy (non-hydrogen) atoms. The van der Waals surface area contributed by atoms with E-state index in [2.05, 4.69) is 10.3 Å². The van der Waals surface area contributed by atoms with Crippen LogP contribution in [0.5, 0.6) is 11.5 Å². The van der Waals surface area contributed by atoms with E-state index in [1.54, 1.807) is 24.4 Å². The first-order chi connectivity index (χ1) is 10.6. The van der Waals surface area contributed by atoms with E-state index in [4.69, 9.17) is 4.74 Å². The number of carbonyl (C=O) groups is 1. The number of para-hydroxylation sites is 1. The Morgan fingerprint density at radius 3 is 2.77 bits per heavy atom. The molecule has 1 aliphatic carbocycles. The number of aromatic nitrogens is 1. The van der Waals surface area contributed by atoms with Crippen LogP contribution in [0, 0.1) is 16.0 Å². The molecule has 1 aliphatic rings. The molecule has 1 N–H and O–H groups in total. The van der Waals surface area contributed by atoms with Crippen molar-refractivity contribution in [3.05, 3.63) is 58.9 Å². The number of ether oxygens (including phenoxy) is 1. The van der Waals surface area contributed by atoms with Gasteiger partial charge in [-0.15, -0.1) is 0 Å². The molecule has 112 valence electrons. The highest BCUT2D eigenvalue weighted by Gasteiger charge is 2.53. The van der Waals surface area contributed by atoms with Crippen LogP contribution >= 0.6 is 0 Å². The number of nitrogens with one attached hydrogen (secondary N) is 1. The summed E-state index contributed by atoms with van der Waals surface area (Å²) in [4.78, 5) is 26.1. The van der Waals surface area contributed by atoms with E-state index < -0.39 is 16.9 Å². The summed E-state index contributed by atoms with van der Waals surface area (Å²) in [5.74, 6) is 0.0963. The molecule has 1 heterocycles. The fourth-order valence-electron chi connectivity index (χ4n) is 2.10. The van der Waals surface area contributed by atoms with Gasteiger partial charge in [0.2, 0.25) is 11.9 Å². The maximum Gasteiger partial charge on any atom is 0.234 e. The average Bonchev–Trinajstić information content (AvgIpc) is 3.31. The van der Waals surface area contributed by atoms with E-state index in [1.165, 1.54) is 6.20 Å². The summed E-state index contributed by atoms with van der Waals surface area (Å²) >= 11 is 0. The number of pyridine rings is 1. The summed E-state index contributed by atoms with van der Waals surface area (Å²) in [6, 6.07) is 9.95. The van der Waals surface area contributed by atoms with Gasteiger partial charge in [0, 0.05) is 23.6 Å². The predicted molar refractivity (Wildman–Crippen MR) is 78.3 cm³/mol. The Labute approximate surface area is 126 Å². The molecule has 0 aliphatic heterocycles. The van der Waals surface area contributed by atoms with Crippen LogP contribution in [0.4, 0.5) is 5.69 Å². The van der Waals surface area contributed by atoms with Crippen molar-refractivity contribution in [2.45, 2.75) is 12.5 Å². The summed E-state index contributed by atoms with van der Waals surface area (Å²) in [7, 11) is 0. The predicted octanol–water partition coefficient (Wildman–Crippen LogP) is 2.48. The third kappa shape index (κ3) is 3.03. The van der Waals surface area contributed by atoms with Gasteiger partial charge in [0.15, 0.2) is 5.75 Å². The number of nitrogens with zero attached hydrogens (tertiary/aromatic N) is 2. The zero-order valence-corrected chi connectivity index (χ0v) is 11.5. The van der Waals surface area contributed by atoms with Gasteiger partial charge in [-0.1, -0.05) is 18.2 Å². The summed E-state index contributed by atoms with van der Waals surface area (Å²) in [5.41, 5.74) is 0.394. The summed E-state index contributed by atoms with van der Waals surface area (Å²) < 4.78 is 5.70. The van der Waals surface area contributed by atoms with Crippen LogP contribution < -0.4 is 10.1 Å². The number of carbonyl (C=O) groups excluding carboxylic acids is 1. The Kier molecular flexibility index (Phi) is 3.69. The Bertz CT molecular complexity index is 705. The lowest BCUT2D eigenvalue weighted by molar-refractivity contribution is -0.497. The van der Waals surface area contributed by atoms with Gasteiger partial charge in [0.1, 0.15) is 17.4 Å². The Hall–Kier alpha value is -2.96. The van der Waals surface area contributed by atoms with Gasteiger partial charge in [-0.05, 0) is 12.1 Å². The molecular formula is C15H13N3O4. The van der Waals surface area contributed by atoms with Gasteiger partial charge < -0.3 is 10.1 Å². The maximum absolute atomic E-state index is 12.0. The molecular weight excluding hydrogens is 286 g/mol. The number of nitro groups is 1. The standard InChI is InChI=1S/C15H13N3O4/c19-15(11-8-13(11)18(20)21)17-12-9-16-7-6-14(12)22-10-4-2-1-3-5-10/h1-7,9,11,13H,8H2,(H,17,19)/t11-,13-/m1/s1. The molecule has 1 fully saturated rings. The molecule has 2 aromatic rings. The van der Waals surface area contributed by atoms with E-state index in [9.17, 15) is 14.9 Å². The van der Waals surface area contributed by atoms with Gasteiger partial charge in [-0.3, -0.25) is 19.9 Å². The third-order valence-corrected chi connectivity index (χ3v) is 3.37. The van der Waals surface area contributed by atoms with E-state index in [-0.39, 0.29) is 12.3 Å². The van der Waals surface area contributed by atoms with E-state index in [0.717, 1.165) is 0 Å². The molecule has 7 nitrogen and oxygen atoms in total. The molecule has 1 aromatic carbocycles. The molecule has 1 aromatic heterocycles. The van der Waals surface area contributed by atoms with Crippen molar-refractivity contribution in [2.24, 2.45) is 5.92 Å². The van der Waals surface area contributed by atoms with Crippen molar-refractivity contribution < 1.29 is 14.5 Å². The fourth-order valence-corrected chi connectivity index (χ4v) is 2.10. The van der Waals surface area contributed by atoms with Crippen LogP contribution in [0.3, 0.4) is 0 Å². The first kappa shape index (κ1) is 14.0. The first-order valence-electron chi connectivity index (χ1n) is 6.76. The third-order valence-electron chi connectivity index (χ3n) is 3.37. The van der Waals surface area contributed by atoms with Gasteiger partial charge in [0.25, 0.3) is 0 Å². The first-order valence-corrected chi connectivity index (χ1v) is 6.76. The van der Waals surface area contributed by atoms with Crippen molar-refractivity contribution in [3.63, 3.8) is 0 Å². The van der Waals surface area contributed by atoms with Gasteiger partial charge >= 0.3 is 0 Å². The Balaban J connectivity index is 1.72. The average molecular weight is 299 g/mol. The van der Waals surface area contributed by atoms with Gasteiger partial charge in [0.05, 0.1) is 6.20 Å². The number of hydrogen-bond acceptors (Lipinski definition) is 5. The Morgan fingerprint density at radius 1 is 1.32 bits per heavy atom. The lowest BCUT2D eigenvalue weighted by atomic mass is 10.3. The second-order valence-electron chi connectivity index (χ2n) is 4.97. The number of rotatable bonds is 5. The van der Waals surface area contributed by atoms with E-state index >= 15 is 0 Å². The lowest BCUT2D eigenvalue weighted by Crippen LogP contribution is -2.18. The van der Waals surface area contributed by atoms with Crippen molar-refractivity contribution in [1.29, 1.82) is 0 Å². The monoisotopic (exact) mass is 299 g/mol. The summed E-state index contributed by atoms with van der Waals surface area (Å²) in [5, 5.41) is 13.3. The molecule has 0 bridgehead atoms. The lowest BCUT2D eigenvalue weighted by Gasteiger charge is -2.11. The molecule has 3 rings (SSSR count). The number of amides is 1. The molecule has 0 spiro atoms. The van der Waals surface area contributed by atoms with E-state index in [0.29, 0.717) is 17.2 Å². The number of hydrogen-bond donors (Lipinski definition) is 1. The molecule has 7 heteroatoms. The number of benzene rings is 1. The summed E-state index contributed by atoms with van der Waals surface area (Å²) in [6.07, 6.45) is 3.28. The van der Waals surface area contributed by atoms with Crippen LogP contribution in [-0.2, 0) is 4.79 Å². The molecule has 2 atom stereocenters. The quantitative estimate of drug-likeness (QED) is 0.676. The normalized spacial score (nSPS) is 19.3. The highest BCUT2D eigenvalue weighted by molar-refractivity contribution is 5.95. The largest absolute Gasteiger partial charge is 0.455 e. The highest BCUT2D eigenvalue weighted by Crippen LogP contribution is 2.35.